The van der Waals surface area contributed by atoms with Crippen molar-refractivity contribution in [3.8, 4) is 5.75 Å². The lowest BCUT2D eigenvalue weighted by Gasteiger charge is -2.09. The first kappa shape index (κ1) is 11.7. The zero-order valence-electron chi connectivity index (χ0n) is 9.85. The predicted octanol–water partition coefficient (Wildman–Crippen LogP) is 2.23. The van der Waals surface area contributed by atoms with Gasteiger partial charge in [0, 0.05) is 18.2 Å². The molecule has 0 aliphatic heterocycles. The van der Waals surface area contributed by atoms with E-state index in [2.05, 4.69) is 4.98 Å². The molecule has 0 spiro atoms. The van der Waals surface area contributed by atoms with Crippen LogP contribution in [0.15, 0.2) is 30.5 Å². The Morgan fingerprint density at radius 2 is 2.12 bits per heavy atom. The van der Waals surface area contributed by atoms with Gasteiger partial charge in [0.15, 0.2) is 0 Å². The third kappa shape index (κ3) is 2.65. The monoisotopic (exact) mass is 232 g/mol. The second kappa shape index (κ2) is 5.50. The molecular formula is C13H16N2O2. The Morgan fingerprint density at radius 1 is 1.24 bits per heavy atom. The molecule has 0 fully saturated rings. The van der Waals surface area contributed by atoms with E-state index in [1.165, 1.54) is 0 Å². The molecule has 1 aromatic heterocycles. The van der Waals surface area contributed by atoms with Crippen molar-refractivity contribution in [2.24, 2.45) is 0 Å². The topological polar surface area (TPSA) is 57.4 Å². The number of nitrogen functional groups attached to an aromatic ring is 1. The highest BCUT2D eigenvalue weighted by Crippen LogP contribution is 2.27. The minimum Gasteiger partial charge on any atom is -0.490 e. The number of hydrogen-bond acceptors (Lipinski definition) is 4. The summed E-state index contributed by atoms with van der Waals surface area (Å²) in [5.74, 6) is 0.794. The lowest BCUT2D eigenvalue weighted by molar-refractivity contribution is 0.111. The van der Waals surface area contributed by atoms with Gasteiger partial charge in [-0.25, -0.2) is 0 Å². The average Bonchev–Trinajstić information content (AvgIpc) is 2.36. The SMILES string of the molecule is CCOCCOc1ccnc2c(N)cccc12. The van der Waals surface area contributed by atoms with Gasteiger partial charge in [0.25, 0.3) is 0 Å². The zero-order chi connectivity index (χ0) is 12.1. The molecule has 0 radical (unpaired) electrons. The van der Waals surface area contributed by atoms with E-state index in [1.807, 2.05) is 31.2 Å². The molecule has 0 saturated carbocycles. The predicted molar refractivity (Wildman–Crippen MR) is 68.1 cm³/mol. The first-order valence-corrected chi connectivity index (χ1v) is 5.66. The Balaban J connectivity index is 2.19. The molecule has 2 aromatic rings. The maximum Gasteiger partial charge on any atom is 0.130 e. The first-order chi connectivity index (χ1) is 8.33. The Kier molecular flexibility index (Phi) is 3.77. The molecule has 90 valence electrons. The van der Waals surface area contributed by atoms with Gasteiger partial charge in [0.2, 0.25) is 0 Å². The highest BCUT2D eigenvalue weighted by atomic mass is 16.5. The Labute approximate surface area is 100 Å². The van der Waals surface area contributed by atoms with Crippen molar-refractivity contribution in [2.75, 3.05) is 25.6 Å². The maximum atomic E-state index is 5.86. The van der Waals surface area contributed by atoms with Crippen LogP contribution in [0.4, 0.5) is 5.69 Å². The van der Waals surface area contributed by atoms with Gasteiger partial charge >= 0.3 is 0 Å². The van der Waals surface area contributed by atoms with Gasteiger partial charge in [-0.05, 0) is 25.1 Å². The second-order valence-corrected chi connectivity index (χ2v) is 3.60. The van der Waals surface area contributed by atoms with Crippen molar-refractivity contribution in [1.82, 2.24) is 4.98 Å². The Bertz CT molecular complexity index is 500. The van der Waals surface area contributed by atoms with E-state index in [0.29, 0.717) is 25.5 Å². The summed E-state index contributed by atoms with van der Waals surface area (Å²) in [4.78, 5) is 4.25. The minimum absolute atomic E-state index is 0.530. The van der Waals surface area contributed by atoms with Crippen molar-refractivity contribution < 1.29 is 9.47 Å². The van der Waals surface area contributed by atoms with Crippen LogP contribution in [0, 0.1) is 0 Å². The van der Waals surface area contributed by atoms with Crippen LogP contribution in [0.25, 0.3) is 10.9 Å². The van der Waals surface area contributed by atoms with Gasteiger partial charge in [-0.3, -0.25) is 4.98 Å². The number of hydrogen-bond donors (Lipinski definition) is 1. The van der Waals surface area contributed by atoms with Gasteiger partial charge < -0.3 is 15.2 Å². The lowest BCUT2D eigenvalue weighted by Crippen LogP contribution is -2.06. The molecule has 0 bridgehead atoms. The third-order valence-corrected chi connectivity index (χ3v) is 2.45. The van der Waals surface area contributed by atoms with Crippen molar-refractivity contribution in [3.05, 3.63) is 30.5 Å². The van der Waals surface area contributed by atoms with Gasteiger partial charge in [0.05, 0.1) is 17.8 Å². The maximum absolute atomic E-state index is 5.86. The number of anilines is 1. The number of aromatic nitrogens is 1. The molecular weight excluding hydrogens is 216 g/mol. The smallest absolute Gasteiger partial charge is 0.130 e. The largest absolute Gasteiger partial charge is 0.490 e. The number of nitrogens with two attached hydrogens (primary N) is 1. The van der Waals surface area contributed by atoms with Crippen molar-refractivity contribution >= 4 is 16.6 Å². The molecule has 2 rings (SSSR count). The third-order valence-electron chi connectivity index (χ3n) is 2.45. The van der Waals surface area contributed by atoms with E-state index in [4.69, 9.17) is 15.2 Å². The summed E-state index contributed by atoms with van der Waals surface area (Å²) in [7, 11) is 0. The normalized spacial score (nSPS) is 10.6. The number of benzene rings is 1. The van der Waals surface area contributed by atoms with Crippen LogP contribution in [-0.2, 0) is 4.74 Å². The van der Waals surface area contributed by atoms with Gasteiger partial charge in [-0.2, -0.15) is 0 Å². The highest BCUT2D eigenvalue weighted by molar-refractivity contribution is 5.93. The van der Waals surface area contributed by atoms with Crippen LogP contribution < -0.4 is 10.5 Å². The molecule has 4 heteroatoms. The van der Waals surface area contributed by atoms with Crippen molar-refractivity contribution in [3.63, 3.8) is 0 Å². The molecule has 1 aromatic carbocycles. The summed E-state index contributed by atoms with van der Waals surface area (Å²) in [6, 6.07) is 7.52. The zero-order valence-corrected chi connectivity index (χ0v) is 9.85. The molecule has 2 N–H and O–H groups in total. The molecule has 0 saturated heterocycles. The molecule has 0 atom stereocenters. The van der Waals surface area contributed by atoms with Gasteiger partial charge in [0.1, 0.15) is 12.4 Å². The number of fused-ring (bicyclic) bond motifs is 1. The van der Waals surface area contributed by atoms with Crippen LogP contribution in [0.3, 0.4) is 0 Å². The number of para-hydroxylation sites is 1. The number of pyridine rings is 1. The summed E-state index contributed by atoms with van der Waals surface area (Å²) in [6.45, 7) is 3.78. The van der Waals surface area contributed by atoms with Crippen LogP contribution in [0.5, 0.6) is 5.75 Å². The fourth-order valence-corrected chi connectivity index (χ4v) is 1.65. The van der Waals surface area contributed by atoms with Crippen LogP contribution >= 0.6 is 0 Å². The Morgan fingerprint density at radius 3 is 2.94 bits per heavy atom. The molecule has 17 heavy (non-hydrogen) atoms. The lowest BCUT2D eigenvalue weighted by atomic mass is 10.2. The van der Waals surface area contributed by atoms with Crippen LogP contribution in [-0.4, -0.2) is 24.8 Å². The van der Waals surface area contributed by atoms with Gasteiger partial charge in [-0.15, -0.1) is 0 Å². The molecule has 0 unspecified atom stereocenters. The fourth-order valence-electron chi connectivity index (χ4n) is 1.65. The minimum atomic E-state index is 0.530. The number of ether oxygens (including phenoxy) is 2. The highest BCUT2D eigenvalue weighted by Gasteiger charge is 2.04. The molecule has 0 aliphatic rings. The summed E-state index contributed by atoms with van der Waals surface area (Å²) in [6.07, 6.45) is 1.70. The van der Waals surface area contributed by atoms with Crippen molar-refractivity contribution in [2.45, 2.75) is 6.92 Å². The van der Waals surface area contributed by atoms with Gasteiger partial charge in [-0.1, -0.05) is 6.07 Å². The number of nitrogens with zero attached hydrogens (tertiary/aromatic N) is 1. The first-order valence-electron chi connectivity index (χ1n) is 5.66. The van der Waals surface area contributed by atoms with Crippen molar-refractivity contribution in [1.29, 1.82) is 0 Å². The summed E-state index contributed by atoms with van der Waals surface area (Å²) < 4.78 is 10.9. The summed E-state index contributed by atoms with van der Waals surface area (Å²) in [5, 5.41) is 0.934. The van der Waals surface area contributed by atoms with Crippen LogP contribution in [0.2, 0.25) is 0 Å². The van der Waals surface area contributed by atoms with E-state index in [9.17, 15) is 0 Å². The van der Waals surface area contributed by atoms with E-state index in [1.54, 1.807) is 6.20 Å². The second-order valence-electron chi connectivity index (χ2n) is 3.60. The standard InChI is InChI=1S/C13H16N2O2/c1-2-16-8-9-17-12-6-7-15-13-10(12)4-3-5-11(13)14/h3-7H,2,8-9,14H2,1H3. The van der Waals surface area contributed by atoms with E-state index >= 15 is 0 Å². The van der Waals surface area contributed by atoms with E-state index in [0.717, 1.165) is 16.7 Å². The van der Waals surface area contributed by atoms with E-state index < -0.39 is 0 Å². The quantitative estimate of drug-likeness (QED) is 0.634. The Hall–Kier alpha value is -1.81. The molecule has 0 amide bonds. The molecule has 1 heterocycles. The van der Waals surface area contributed by atoms with E-state index in [-0.39, 0.29) is 0 Å². The molecule has 4 nitrogen and oxygen atoms in total. The average molecular weight is 232 g/mol. The summed E-state index contributed by atoms with van der Waals surface area (Å²) >= 11 is 0. The molecule has 0 aliphatic carbocycles. The summed E-state index contributed by atoms with van der Waals surface area (Å²) in [5.41, 5.74) is 7.30. The fraction of sp³-hybridized carbons (Fsp3) is 0.308. The number of rotatable bonds is 5. The van der Waals surface area contributed by atoms with Crippen LogP contribution in [0.1, 0.15) is 6.92 Å².